The highest BCUT2D eigenvalue weighted by Crippen LogP contribution is 2.38. The van der Waals surface area contributed by atoms with Gasteiger partial charge >= 0.3 is 0 Å². The Morgan fingerprint density at radius 1 is 1.10 bits per heavy atom. The summed E-state index contributed by atoms with van der Waals surface area (Å²) >= 11 is 6.30. The second-order valence-electron chi connectivity index (χ2n) is 7.63. The predicted molar refractivity (Wildman–Crippen MR) is 113 cm³/mol. The van der Waals surface area contributed by atoms with E-state index < -0.39 is 0 Å². The number of amides is 1. The molecule has 0 radical (unpaired) electrons. The molecular formula is C22H23ClN4O3. The minimum Gasteiger partial charge on any atom is -0.486 e. The molecule has 2 aliphatic heterocycles. The average molecular weight is 427 g/mol. The standard InChI is InChI=1S/C22H23ClN4O3/c23-18-11-16(12-19-22(18)30-10-9-29-19)13-21(28)26-7-5-25(6-8-26)14-17-15-27-4-2-1-3-20(27)24-17/h1-4,11-12,15H,5-10,13-14H2. The third kappa shape index (κ3) is 3.95. The van der Waals surface area contributed by atoms with Crippen molar-refractivity contribution in [1.82, 2.24) is 19.2 Å². The number of hydrogen-bond donors (Lipinski definition) is 0. The summed E-state index contributed by atoms with van der Waals surface area (Å²) in [7, 11) is 0. The Bertz CT molecular complexity index is 1040. The SMILES string of the molecule is O=C(Cc1cc(Cl)c2c(c1)OCCO2)N1CCN(Cc2cn3ccccc3n2)CC1. The van der Waals surface area contributed by atoms with Crippen LogP contribution in [0.1, 0.15) is 11.3 Å². The highest BCUT2D eigenvalue weighted by Gasteiger charge is 2.23. The molecule has 3 aromatic rings. The first-order valence-corrected chi connectivity index (χ1v) is 10.5. The molecule has 1 amide bonds. The maximum absolute atomic E-state index is 12.8. The van der Waals surface area contributed by atoms with Crippen molar-refractivity contribution in [2.75, 3.05) is 39.4 Å². The number of aromatic nitrogens is 2. The number of pyridine rings is 1. The first-order chi connectivity index (χ1) is 14.7. The molecular weight excluding hydrogens is 404 g/mol. The van der Waals surface area contributed by atoms with E-state index in [4.69, 9.17) is 21.1 Å². The summed E-state index contributed by atoms with van der Waals surface area (Å²) in [5.41, 5.74) is 2.85. The predicted octanol–water partition coefficient (Wildman–Crippen LogP) is 2.65. The van der Waals surface area contributed by atoms with E-state index in [0.29, 0.717) is 49.2 Å². The Balaban J connectivity index is 1.17. The minimum absolute atomic E-state index is 0.107. The molecule has 0 unspecified atom stereocenters. The van der Waals surface area contributed by atoms with Crippen molar-refractivity contribution in [3.8, 4) is 11.5 Å². The number of carbonyl (C=O) groups is 1. The summed E-state index contributed by atoms with van der Waals surface area (Å²) in [6.07, 6.45) is 4.38. The van der Waals surface area contributed by atoms with Crippen molar-refractivity contribution in [3.05, 3.63) is 59.0 Å². The van der Waals surface area contributed by atoms with Crippen molar-refractivity contribution < 1.29 is 14.3 Å². The molecule has 5 rings (SSSR count). The van der Waals surface area contributed by atoms with Crippen molar-refractivity contribution in [2.24, 2.45) is 0 Å². The minimum atomic E-state index is 0.107. The third-order valence-corrected chi connectivity index (χ3v) is 5.82. The first kappa shape index (κ1) is 19.2. The van der Waals surface area contributed by atoms with Crippen LogP contribution < -0.4 is 9.47 Å². The summed E-state index contributed by atoms with van der Waals surface area (Å²) in [6, 6.07) is 9.65. The number of imidazole rings is 1. The monoisotopic (exact) mass is 426 g/mol. The average Bonchev–Trinajstić information content (AvgIpc) is 3.16. The summed E-state index contributed by atoms with van der Waals surface area (Å²) < 4.78 is 13.2. The van der Waals surface area contributed by atoms with Crippen LogP contribution in [0.25, 0.3) is 5.65 Å². The molecule has 0 spiro atoms. The molecule has 1 fully saturated rings. The zero-order chi connectivity index (χ0) is 20.5. The molecule has 0 atom stereocenters. The Labute approximate surface area is 179 Å². The van der Waals surface area contributed by atoms with Gasteiger partial charge in [-0.05, 0) is 29.8 Å². The molecule has 7 nitrogen and oxygen atoms in total. The van der Waals surface area contributed by atoms with Gasteiger partial charge in [-0.15, -0.1) is 0 Å². The molecule has 0 N–H and O–H groups in total. The van der Waals surface area contributed by atoms with Crippen LogP contribution in [0.4, 0.5) is 0 Å². The van der Waals surface area contributed by atoms with Gasteiger partial charge < -0.3 is 18.8 Å². The lowest BCUT2D eigenvalue weighted by molar-refractivity contribution is -0.132. The molecule has 1 aromatic carbocycles. The van der Waals surface area contributed by atoms with Gasteiger partial charge in [-0.25, -0.2) is 4.98 Å². The summed E-state index contributed by atoms with van der Waals surface area (Å²) in [5, 5.41) is 0.493. The van der Waals surface area contributed by atoms with Crippen molar-refractivity contribution in [1.29, 1.82) is 0 Å². The fourth-order valence-corrected chi connectivity index (χ4v) is 4.29. The fourth-order valence-electron chi connectivity index (χ4n) is 4.00. The van der Waals surface area contributed by atoms with Gasteiger partial charge in [0.05, 0.1) is 17.1 Å². The number of halogens is 1. The molecule has 8 heteroatoms. The normalized spacial score (nSPS) is 16.8. The molecule has 1 saturated heterocycles. The number of ether oxygens (including phenoxy) is 2. The maximum Gasteiger partial charge on any atom is 0.227 e. The fraction of sp³-hybridized carbons (Fsp3) is 0.364. The van der Waals surface area contributed by atoms with Gasteiger partial charge in [-0.3, -0.25) is 9.69 Å². The van der Waals surface area contributed by atoms with Crippen LogP contribution in [0.3, 0.4) is 0 Å². The number of benzene rings is 1. The largest absolute Gasteiger partial charge is 0.486 e. The Morgan fingerprint density at radius 2 is 1.93 bits per heavy atom. The number of hydrogen-bond acceptors (Lipinski definition) is 5. The lowest BCUT2D eigenvalue weighted by Gasteiger charge is -2.34. The Kier molecular flexibility index (Phi) is 5.23. The van der Waals surface area contributed by atoms with Crippen molar-refractivity contribution >= 4 is 23.2 Å². The first-order valence-electron chi connectivity index (χ1n) is 10.2. The molecule has 0 saturated carbocycles. The second-order valence-corrected chi connectivity index (χ2v) is 8.04. The summed E-state index contributed by atoms with van der Waals surface area (Å²) in [4.78, 5) is 21.7. The second kappa shape index (κ2) is 8.16. The lowest BCUT2D eigenvalue weighted by atomic mass is 10.1. The van der Waals surface area contributed by atoms with Gasteiger partial charge in [0.15, 0.2) is 11.5 Å². The number of piperazine rings is 1. The zero-order valence-electron chi connectivity index (χ0n) is 16.6. The van der Waals surface area contributed by atoms with Crippen molar-refractivity contribution in [3.63, 3.8) is 0 Å². The van der Waals surface area contributed by atoms with E-state index in [0.717, 1.165) is 36.5 Å². The van der Waals surface area contributed by atoms with Crippen LogP contribution in [-0.2, 0) is 17.8 Å². The van der Waals surface area contributed by atoms with E-state index in [-0.39, 0.29) is 5.91 Å². The van der Waals surface area contributed by atoms with Gasteiger partial charge in [0, 0.05) is 45.1 Å². The smallest absolute Gasteiger partial charge is 0.227 e. The molecule has 0 aliphatic carbocycles. The highest BCUT2D eigenvalue weighted by molar-refractivity contribution is 6.32. The third-order valence-electron chi connectivity index (χ3n) is 5.54. The number of carbonyl (C=O) groups excluding carboxylic acids is 1. The molecule has 2 aromatic heterocycles. The lowest BCUT2D eigenvalue weighted by Crippen LogP contribution is -2.48. The zero-order valence-corrected chi connectivity index (χ0v) is 17.3. The Hall–Kier alpha value is -2.77. The van der Waals surface area contributed by atoms with Crippen LogP contribution >= 0.6 is 11.6 Å². The van der Waals surface area contributed by atoms with E-state index in [2.05, 4.69) is 16.1 Å². The van der Waals surface area contributed by atoms with Crippen LogP contribution in [-0.4, -0.2) is 64.5 Å². The van der Waals surface area contributed by atoms with Gasteiger partial charge in [0.25, 0.3) is 0 Å². The van der Waals surface area contributed by atoms with Crippen molar-refractivity contribution in [2.45, 2.75) is 13.0 Å². The van der Waals surface area contributed by atoms with Gasteiger partial charge in [-0.2, -0.15) is 0 Å². The number of nitrogens with zero attached hydrogens (tertiary/aromatic N) is 4. The van der Waals surface area contributed by atoms with Gasteiger partial charge in [-0.1, -0.05) is 17.7 Å². The van der Waals surface area contributed by atoms with Crippen LogP contribution in [0.2, 0.25) is 5.02 Å². The van der Waals surface area contributed by atoms with E-state index in [9.17, 15) is 4.79 Å². The van der Waals surface area contributed by atoms with E-state index >= 15 is 0 Å². The van der Waals surface area contributed by atoms with E-state index in [1.165, 1.54) is 0 Å². The Morgan fingerprint density at radius 3 is 2.77 bits per heavy atom. The van der Waals surface area contributed by atoms with E-state index in [1.54, 1.807) is 6.07 Å². The van der Waals surface area contributed by atoms with E-state index in [1.807, 2.05) is 39.8 Å². The van der Waals surface area contributed by atoms with Gasteiger partial charge in [0.1, 0.15) is 18.9 Å². The molecule has 156 valence electrons. The van der Waals surface area contributed by atoms with Crippen LogP contribution in [0, 0.1) is 0 Å². The number of fused-ring (bicyclic) bond motifs is 2. The summed E-state index contributed by atoms with van der Waals surface area (Å²) in [6.45, 7) is 4.87. The quantitative estimate of drug-likeness (QED) is 0.642. The topological polar surface area (TPSA) is 59.3 Å². The van der Waals surface area contributed by atoms with Gasteiger partial charge in [0.2, 0.25) is 5.91 Å². The molecule has 4 heterocycles. The maximum atomic E-state index is 12.8. The highest BCUT2D eigenvalue weighted by atomic mass is 35.5. The summed E-state index contributed by atoms with van der Waals surface area (Å²) in [5.74, 6) is 1.30. The molecule has 30 heavy (non-hydrogen) atoms. The molecule has 2 aliphatic rings. The number of rotatable bonds is 4. The van der Waals surface area contributed by atoms with Crippen LogP contribution in [0.15, 0.2) is 42.7 Å². The molecule has 0 bridgehead atoms. The van der Waals surface area contributed by atoms with Crippen LogP contribution in [0.5, 0.6) is 11.5 Å².